The molecule has 0 atom stereocenters. The second-order valence-corrected chi connectivity index (χ2v) is 5.90. The van der Waals surface area contributed by atoms with Gasteiger partial charge < -0.3 is 9.84 Å². The number of benzene rings is 1. The number of hydrogen-bond acceptors (Lipinski definition) is 4. The third-order valence-corrected chi connectivity index (χ3v) is 3.95. The molecule has 2 rings (SSSR count). The Kier molecular flexibility index (Phi) is 7.03. The number of hydrogen-bond donors (Lipinski definition) is 2. The molecule has 1 aromatic rings. The van der Waals surface area contributed by atoms with Crippen molar-refractivity contribution in [3.8, 4) is 17.6 Å². The Balaban J connectivity index is 2.01. The summed E-state index contributed by atoms with van der Waals surface area (Å²) in [6.45, 7) is 0.293. The average molecular weight is 358 g/mol. The van der Waals surface area contributed by atoms with Gasteiger partial charge in [-0.25, -0.2) is 4.79 Å². The molecule has 138 valence electrons. The van der Waals surface area contributed by atoms with E-state index in [9.17, 15) is 14.4 Å². The lowest BCUT2D eigenvalue weighted by Crippen LogP contribution is -2.49. The van der Waals surface area contributed by atoms with Crippen LogP contribution < -0.4 is 15.0 Å². The summed E-state index contributed by atoms with van der Waals surface area (Å²) in [4.78, 5) is 35.3. The lowest BCUT2D eigenvalue weighted by molar-refractivity contribution is -0.137. The van der Waals surface area contributed by atoms with E-state index in [1.54, 1.807) is 12.1 Å². The molecule has 2 N–H and O–H groups in total. The van der Waals surface area contributed by atoms with Crippen LogP contribution >= 0.6 is 0 Å². The van der Waals surface area contributed by atoms with Gasteiger partial charge in [0, 0.05) is 31.4 Å². The molecule has 0 spiro atoms. The highest BCUT2D eigenvalue weighted by Gasteiger charge is 2.26. The van der Waals surface area contributed by atoms with E-state index in [0.29, 0.717) is 30.8 Å². The van der Waals surface area contributed by atoms with Crippen molar-refractivity contribution in [2.75, 3.05) is 18.6 Å². The van der Waals surface area contributed by atoms with Crippen LogP contribution in [-0.2, 0) is 9.59 Å². The standard InChI is InChI=1S/C19H22N2O5/c1-26-16-10-9-14(7-5-3-2-4-6-8-18(23)24)13-15(16)21-12-11-17(22)20-19(21)25/h9-10,13H,2-4,6,8,11-12H2,1H3,(H,23,24)(H,20,22,25). The van der Waals surface area contributed by atoms with Gasteiger partial charge in [0.15, 0.2) is 0 Å². The van der Waals surface area contributed by atoms with Crippen LogP contribution in [0.5, 0.6) is 5.75 Å². The van der Waals surface area contributed by atoms with Crippen molar-refractivity contribution in [1.82, 2.24) is 5.32 Å². The van der Waals surface area contributed by atoms with E-state index in [1.165, 1.54) is 12.0 Å². The van der Waals surface area contributed by atoms with Crippen LogP contribution in [-0.4, -0.2) is 36.7 Å². The highest BCUT2D eigenvalue weighted by Crippen LogP contribution is 2.30. The molecular weight excluding hydrogens is 336 g/mol. The summed E-state index contributed by atoms with van der Waals surface area (Å²) in [5, 5.41) is 10.9. The second-order valence-electron chi connectivity index (χ2n) is 5.90. The molecule has 7 heteroatoms. The van der Waals surface area contributed by atoms with E-state index in [1.807, 2.05) is 6.07 Å². The molecule has 1 aromatic carbocycles. The molecule has 7 nitrogen and oxygen atoms in total. The predicted octanol–water partition coefficient (Wildman–Crippen LogP) is 2.53. The van der Waals surface area contributed by atoms with E-state index in [4.69, 9.17) is 9.84 Å². The number of anilines is 1. The van der Waals surface area contributed by atoms with Gasteiger partial charge in [-0.15, -0.1) is 0 Å². The van der Waals surface area contributed by atoms with Gasteiger partial charge in [-0.1, -0.05) is 18.3 Å². The molecule has 0 saturated carbocycles. The van der Waals surface area contributed by atoms with Crippen LogP contribution in [0.15, 0.2) is 18.2 Å². The number of nitrogens with one attached hydrogen (secondary N) is 1. The fraction of sp³-hybridized carbons (Fsp3) is 0.421. The summed E-state index contributed by atoms with van der Waals surface area (Å²) < 4.78 is 5.32. The maximum Gasteiger partial charge on any atom is 0.328 e. The van der Waals surface area contributed by atoms with Crippen LogP contribution in [0, 0.1) is 11.8 Å². The number of rotatable bonds is 7. The third kappa shape index (κ3) is 5.52. The van der Waals surface area contributed by atoms with E-state index < -0.39 is 12.0 Å². The number of urea groups is 1. The molecule has 0 aromatic heterocycles. The minimum absolute atomic E-state index is 0.190. The molecule has 1 fully saturated rings. The normalized spacial score (nSPS) is 13.7. The van der Waals surface area contributed by atoms with Gasteiger partial charge in [-0.05, 0) is 31.0 Å². The predicted molar refractivity (Wildman–Crippen MR) is 96.1 cm³/mol. The molecule has 0 radical (unpaired) electrons. The van der Waals surface area contributed by atoms with Crippen molar-refractivity contribution < 1.29 is 24.2 Å². The van der Waals surface area contributed by atoms with Crippen LogP contribution in [0.3, 0.4) is 0 Å². The highest BCUT2D eigenvalue weighted by atomic mass is 16.5. The first-order chi connectivity index (χ1) is 12.5. The van der Waals surface area contributed by atoms with E-state index >= 15 is 0 Å². The maximum atomic E-state index is 12.1. The van der Waals surface area contributed by atoms with Gasteiger partial charge in [0.05, 0.1) is 12.8 Å². The summed E-state index contributed by atoms with van der Waals surface area (Å²) in [6.07, 6.45) is 3.44. The average Bonchev–Trinajstić information content (AvgIpc) is 2.60. The summed E-state index contributed by atoms with van der Waals surface area (Å²) in [6, 6.07) is 4.86. The molecule has 1 aliphatic heterocycles. The number of carbonyl (C=O) groups is 3. The zero-order valence-corrected chi connectivity index (χ0v) is 14.7. The minimum Gasteiger partial charge on any atom is -0.495 e. The number of amides is 3. The quantitative estimate of drug-likeness (QED) is 0.577. The number of aliphatic carboxylic acids is 1. The van der Waals surface area contributed by atoms with Gasteiger partial charge in [-0.2, -0.15) is 0 Å². The minimum atomic E-state index is -0.773. The molecule has 1 heterocycles. The Bertz CT molecular complexity index is 748. The number of methoxy groups -OCH3 is 1. The third-order valence-electron chi connectivity index (χ3n) is 3.95. The number of ether oxygens (including phenoxy) is 1. The topological polar surface area (TPSA) is 95.9 Å². The fourth-order valence-electron chi connectivity index (χ4n) is 2.60. The number of carbonyl (C=O) groups excluding carboxylic acids is 2. The second kappa shape index (κ2) is 9.47. The van der Waals surface area contributed by atoms with E-state index in [2.05, 4.69) is 17.2 Å². The number of imide groups is 1. The van der Waals surface area contributed by atoms with Gasteiger partial charge in [-0.3, -0.25) is 19.8 Å². The first kappa shape index (κ1) is 19.3. The van der Waals surface area contributed by atoms with Crippen molar-refractivity contribution in [1.29, 1.82) is 0 Å². The highest BCUT2D eigenvalue weighted by molar-refractivity contribution is 6.06. The number of carboxylic acid groups (broad SMARTS) is 1. The molecular formula is C19H22N2O5. The molecule has 0 aliphatic carbocycles. The summed E-state index contributed by atoms with van der Waals surface area (Å²) in [7, 11) is 1.52. The van der Waals surface area contributed by atoms with Gasteiger partial charge in [0.25, 0.3) is 0 Å². The van der Waals surface area contributed by atoms with Gasteiger partial charge in [0.1, 0.15) is 5.75 Å². The summed E-state index contributed by atoms with van der Waals surface area (Å²) >= 11 is 0. The molecule has 0 bridgehead atoms. The van der Waals surface area contributed by atoms with Crippen molar-refractivity contribution in [2.45, 2.75) is 38.5 Å². The number of unbranched alkanes of at least 4 members (excludes halogenated alkanes) is 3. The van der Waals surface area contributed by atoms with E-state index in [-0.39, 0.29) is 18.7 Å². The first-order valence-electron chi connectivity index (χ1n) is 8.51. The molecule has 3 amide bonds. The Morgan fingerprint density at radius 3 is 2.81 bits per heavy atom. The molecule has 1 saturated heterocycles. The van der Waals surface area contributed by atoms with Crippen LogP contribution in [0.4, 0.5) is 10.5 Å². The smallest absolute Gasteiger partial charge is 0.328 e. The van der Waals surface area contributed by atoms with Gasteiger partial charge in [0.2, 0.25) is 5.91 Å². The molecule has 26 heavy (non-hydrogen) atoms. The monoisotopic (exact) mass is 358 g/mol. The van der Waals surface area contributed by atoms with Crippen LogP contribution in [0.25, 0.3) is 0 Å². The van der Waals surface area contributed by atoms with Gasteiger partial charge >= 0.3 is 12.0 Å². The Labute approximate surface area is 152 Å². The lowest BCUT2D eigenvalue weighted by atomic mass is 10.1. The fourth-order valence-corrected chi connectivity index (χ4v) is 2.60. The van der Waals surface area contributed by atoms with Crippen molar-refractivity contribution >= 4 is 23.6 Å². The first-order valence-corrected chi connectivity index (χ1v) is 8.51. The summed E-state index contributed by atoms with van der Waals surface area (Å²) in [5.41, 5.74) is 1.32. The maximum absolute atomic E-state index is 12.1. The largest absolute Gasteiger partial charge is 0.495 e. The number of nitrogens with zero attached hydrogens (tertiary/aromatic N) is 1. The number of carboxylic acids is 1. The van der Waals surface area contributed by atoms with E-state index in [0.717, 1.165) is 18.4 Å². The molecule has 0 unspecified atom stereocenters. The van der Waals surface area contributed by atoms with Crippen LogP contribution in [0.2, 0.25) is 0 Å². The lowest BCUT2D eigenvalue weighted by Gasteiger charge is -2.27. The SMILES string of the molecule is COc1ccc(C#CCCCCCC(=O)O)cc1N1CCC(=O)NC1=O. The molecule has 1 aliphatic rings. The Hall–Kier alpha value is -3.01. The van der Waals surface area contributed by atoms with Crippen molar-refractivity contribution in [3.05, 3.63) is 23.8 Å². The van der Waals surface area contributed by atoms with Crippen LogP contribution in [0.1, 0.15) is 44.1 Å². The Morgan fingerprint density at radius 1 is 1.31 bits per heavy atom. The Morgan fingerprint density at radius 2 is 2.12 bits per heavy atom. The van der Waals surface area contributed by atoms with Crippen molar-refractivity contribution in [2.24, 2.45) is 0 Å². The zero-order chi connectivity index (χ0) is 18.9. The summed E-state index contributed by atoms with van der Waals surface area (Å²) in [5.74, 6) is 5.59. The van der Waals surface area contributed by atoms with Crippen molar-refractivity contribution in [3.63, 3.8) is 0 Å². The zero-order valence-electron chi connectivity index (χ0n) is 14.7.